The molecule has 0 heterocycles. The molecule has 0 radical (unpaired) electrons. The molecule has 1 aromatic rings. The predicted molar refractivity (Wildman–Crippen MR) is 73.0 cm³/mol. The fourth-order valence-corrected chi connectivity index (χ4v) is 2.54. The molecule has 1 nitrogen and oxygen atoms in total. The van der Waals surface area contributed by atoms with E-state index >= 15 is 0 Å². The highest BCUT2D eigenvalue weighted by atomic mass is 31.2. The van der Waals surface area contributed by atoms with Crippen molar-refractivity contribution in [1.82, 2.24) is 0 Å². The number of benzene rings is 1. The maximum absolute atomic E-state index is 11.6. The van der Waals surface area contributed by atoms with Gasteiger partial charge in [-0.2, -0.15) is 0 Å². The minimum absolute atomic E-state index is 1.00. The zero-order valence-corrected chi connectivity index (χ0v) is 12.1. The van der Waals surface area contributed by atoms with E-state index in [4.69, 9.17) is 0 Å². The normalized spacial score (nSPS) is 9.27. The van der Waals surface area contributed by atoms with Crippen molar-refractivity contribution in [2.24, 2.45) is 0 Å². The number of rotatable bonds is 1. The van der Waals surface area contributed by atoms with Gasteiger partial charge in [0, 0.05) is 5.30 Å². The second kappa shape index (κ2) is 8.73. The van der Waals surface area contributed by atoms with Crippen LogP contribution >= 0.6 is 7.14 Å². The molecular formula is C13H25OP. The Labute approximate surface area is 95.3 Å². The van der Waals surface area contributed by atoms with Crippen LogP contribution in [0.25, 0.3) is 0 Å². The summed E-state index contributed by atoms with van der Waals surface area (Å²) in [5, 5.41) is 1.00. The fraction of sp³-hybridized carbons (Fsp3) is 0.538. The van der Waals surface area contributed by atoms with Crippen LogP contribution in [0.3, 0.4) is 0 Å². The van der Waals surface area contributed by atoms with E-state index in [2.05, 4.69) is 0 Å². The summed E-state index contributed by atoms with van der Waals surface area (Å²) in [5.41, 5.74) is 1.13. The first kappa shape index (κ1) is 16.9. The highest BCUT2D eigenvalue weighted by Crippen LogP contribution is 2.35. The van der Waals surface area contributed by atoms with Crippen LogP contribution in [0.1, 0.15) is 33.3 Å². The molecule has 0 bridgehead atoms. The van der Waals surface area contributed by atoms with Crippen molar-refractivity contribution < 1.29 is 4.57 Å². The lowest BCUT2D eigenvalue weighted by molar-refractivity contribution is 0.588. The summed E-state index contributed by atoms with van der Waals surface area (Å²) in [4.78, 5) is 0. The molecule has 15 heavy (non-hydrogen) atoms. The van der Waals surface area contributed by atoms with Crippen LogP contribution in [0.4, 0.5) is 0 Å². The van der Waals surface area contributed by atoms with E-state index in [1.807, 2.05) is 58.9 Å². The van der Waals surface area contributed by atoms with E-state index in [-0.39, 0.29) is 0 Å². The molecule has 88 valence electrons. The van der Waals surface area contributed by atoms with Gasteiger partial charge in [0.1, 0.15) is 7.14 Å². The molecule has 0 saturated heterocycles. The van der Waals surface area contributed by atoms with Crippen molar-refractivity contribution in [3.05, 3.63) is 29.8 Å². The van der Waals surface area contributed by atoms with E-state index in [1.165, 1.54) is 0 Å². The van der Waals surface area contributed by atoms with Crippen LogP contribution in [0.2, 0.25) is 0 Å². The molecule has 0 saturated carbocycles. The molecule has 0 aliphatic rings. The van der Waals surface area contributed by atoms with Gasteiger partial charge in [-0.3, -0.25) is 0 Å². The summed E-state index contributed by atoms with van der Waals surface area (Å²) < 4.78 is 11.6. The molecule has 1 rings (SSSR count). The first-order valence-electron chi connectivity index (χ1n) is 5.63. The molecule has 0 amide bonds. The Balaban J connectivity index is 0. The second-order valence-corrected chi connectivity index (χ2v) is 6.32. The lowest BCUT2D eigenvalue weighted by Gasteiger charge is -2.08. The average Bonchev–Trinajstić information content (AvgIpc) is 2.23. The van der Waals surface area contributed by atoms with Gasteiger partial charge >= 0.3 is 0 Å². The van der Waals surface area contributed by atoms with Gasteiger partial charge in [-0.1, -0.05) is 52.0 Å². The molecule has 1 aromatic carbocycles. The molecule has 0 aromatic heterocycles. The molecule has 0 spiro atoms. The first-order valence-corrected chi connectivity index (χ1v) is 8.23. The van der Waals surface area contributed by atoms with Gasteiger partial charge in [-0.05, 0) is 25.8 Å². The Morgan fingerprint density at radius 1 is 0.933 bits per heavy atom. The van der Waals surface area contributed by atoms with Crippen LogP contribution in [0, 0.1) is 6.92 Å². The third kappa shape index (κ3) is 6.52. The largest absolute Gasteiger partial charge is 0.319 e. The van der Waals surface area contributed by atoms with Crippen molar-refractivity contribution in [2.45, 2.75) is 34.6 Å². The number of hydrogen-bond acceptors (Lipinski definition) is 1. The Morgan fingerprint density at radius 2 is 1.33 bits per heavy atom. The average molecular weight is 228 g/mol. The lowest BCUT2D eigenvalue weighted by atomic mass is 10.2. The quantitative estimate of drug-likeness (QED) is 0.655. The van der Waals surface area contributed by atoms with Gasteiger partial charge in [-0.25, -0.2) is 0 Å². The van der Waals surface area contributed by atoms with Crippen molar-refractivity contribution in [3.63, 3.8) is 0 Å². The zero-order valence-electron chi connectivity index (χ0n) is 11.2. The minimum Gasteiger partial charge on any atom is -0.319 e. The third-order valence-corrected chi connectivity index (χ3v) is 3.36. The van der Waals surface area contributed by atoms with E-state index in [0.29, 0.717) is 0 Å². The molecule has 0 aliphatic heterocycles. The lowest BCUT2D eigenvalue weighted by Crippen LogP contribution is -2.05. The predicted octanol–water partition coefficient (Wildman–Crippen LogP) is 4.30. The minimum atomic E-state index is -2.06. The second-order valence-electron chi connectivity index (χ2n) is 3.14. The highest BCUT2D eigenvalue weighted by molar-refractivity contribution is 7.70. The Kier molecular flexibility index (Phi) is 9.82. The Bertz CT molecular complexity index is 299. The number of aryl methyl sites for hydroxylation is 1. The summed E-state index contributed by atoms with van der Waals surface area (Å²) >= 11 is 0. The number of hydrogen-bond donors (Lipinski definition) is 0. The van der Waals surface area contributed by atoms with E-state index in [1.54, 1.807) is 13.3 Å². The Morgan fingerprint density at radius 3 is 1.60 bits per heavy atom. The zero-order chi connectivity index (χ0) is 12.5. The van der Waals surface area contributed by atoms with Crippen molar-refractivity contribution in [3.8, 4) is 0 Å². The Hall–Kier alpha value is -0.550. The monoisotopic (exact) mass is 228 g/mol. The van der Waals surface area contributed by atoms with Gasteiger partial charge in [0.15, 0.2) is 0 Å². The van der Waals surface area contributed by atoms with Gasteiger partial charge in [0.25, 0.3) is 0 Å². The topological polar surface area (TPSA) is 17.1 Å². The third-order valence-electron chi connectivity index (χ3n) is 1.70. The van der Waals surface area contributed by atoms with Gasteiger partial charge in [0.05, 0.1) is 0 Å². The molecule has 0 N–H and O–H groups in total. The van der Waals surface area contributed by atoms with Crippen LogP contribution in [0.15, 0.2) is 24.3 Å². The molecular weight excluding hydrogens is 203 g/mol. The van der Waals surface area contributed by atoms with Gasteiger partial charge in [0.2, 0.25) is 0 Å². The smallest absolute Gasteiger partial charge is 0.110 e. The maximum Gasteiger partial charge on any atom is 0.110 e. The molecule has 2 heteroatoms. The maximum atomic E-state index is 11.6. The summed E-state index contributed by atoms with van der Waals surface area (Å²) in [6, 6.07) is 7.83. The van der Waals surface area contributed by atoms with E-state index in [0.717, 1.165) is 10.9 Å². The van der Waals surface area contributed by atoms with Crippen molar-refractivity contribution in [1.29, 1.82) is 0 Å². The van der Waals surface area contributed by atoms with E-state index < -0.39 is 7.14 Å². The summed E-state index contributed by atoms with van der Waals surface area (Å²) in [5.74, 6) is 0. The molecule has 0 fully saturated rings. The summed E-state index contributed by atoms with van der Waals surface area (Å²) in [7, 11) is -2.06. The first-order chi connectivity index (χ1) is 7.02. The van der Waals surface area contributed by atoms with Crippen LogP contribution in [-0.4, -0.2) is 13.3 Å². The molecule has 0 unspecified atom stereocenters. The van der Waals surface area contributed by atoms with Gasteiger partial charge < -0.3 is 4.57 Å². The highest BCUT2D eigenvalue weighted by Gasteiger charge is 2.11. The summed E-state index contributed by atoms with van der Waals surface area (Å²) in [6.45, 7) is 13.6. The SMILES string of the molecule is CC.CC.Cc1ccccc1P(C)(C)=O. The molecule has 0 atom stereocenters. The van der Waals surface area contributed by atoms with Gasteiger partial charge in [-0.15, -0.1) is 0 Å². The van der Waals surface area contributed by atoms with Crippen LogP contribution < -0.4 is 5.30 Å². The van der Waals surface area contributed by atoms with Crippen LogP contribution in [-0.2, 0) is 4.57 Å². The van der Waals surface area contributed by atoms with Crippen molar-refractivity contribution >= 4 is 12.4 Å². The fourth-order valence-electron chi connectivity index (χ4n) is 1.17. The van der Waals surface area contributed by atoms with Crippen molar-refractivity contribution in [2.75, 3.05) is 13.3 Å². The molecule has 0 aliphatic carbocycles. The summed E-state index contributed by atoms with van der Waals surface area (Å²) in [6.07, 6.45) is 0. The standard InChI is InChI=1S/C9H13OP.2C2H6/c1-8-6-4-5-7-9(8)11(2,3)10;2*1-2/h4-7H,1-3H3;2*1-2H3. The van der Waals surface area contributed by atoms with E-state index in [9.17, 15) is 4.57 Å². The van der Waals surface area contributed by atoms with Crippen LogP contribution in [0.5, 0.6) is 0 Å².